The summed E-state index contributed by atoms with van der Waals surface area (Å²) >= 11 is 0. The van der Waals surface area contributed by atoms with Gasteiger partial charge >= 0.3 is 0 Å². The summed E-state index contributed by atoms with van der Waals surface area (Å²) in [4.78, 5) is 12.1. The van der Waals surface area contributed by atoms with Gasteiger partial charge in [-0.25, -0.2) is 0 Å². The number of amides is 1. The lowest BCUT2D eigenvalue weighted by molar-refractivity contribution is -0.122. The topological polar surface area (TPSA) is 55.1 Å². The molecule has 0 spiro atoms. The van der Waals surface area contributed by atoms with E-state index in [1.807, 2.05) is 0 Å². The normalized spacial score (nSPS) is 21.3. The van der Waals surface area contributed by atoms with Gasteiger partial charge in [-0.2, -0.15) is 0 Å². The lowest BCUT2D eigenvalue weighted by Crippen LogP contribution is -2.38. The monoisotopic (exact) mass is 324 g/mol. The van der Waals surface area contributed by atoms with Crippen LogP contribution in [0.5, 0.6) is 0 Å². The minimum absolute atomic E-state index is 0. The zero-order chi connectivity index (χ0) is 15.5. The van der Waals surface area contributed by atoms with Crippen LogP contribution in [0.1, 0.15) is 50.7 Å². The summed E-state index contributed by atoms with van der Waals surface area (Å²) in [6.07, 6.45) is 3.89. The van der Waals surface area contributed by atoms with Gasteiger partial charge < -0.3 is 11.1 Å². The van der Waals surface area contributed by atoms with Gasteiger partial charge in [0.1, 0.15) is 0 Å². The van der Waals surface area contributed by atoms with Crippen LogP contribution >= 0.6 is 12.4 Å². The Labute approximate surface area is 140 Å². The van der Waals surface area contributed by atoms with Gasteiger partial charge in [-0.05, 0) is 31.2 Å². The van der Waals surface area contributed by atoms with Crippen molar-refractivity contribution in [2.75, 3.05) is 6.54 Å². The fourth-order valence-electron chi connectivity index (χ4n) is 3.06. The smallest absolute Gasteiger partial charge is 0.220 e. The van der Waals surface area contributed by atoms with Gasteiger partial charge in [0.15, 0.2) is 0 Å². The van der Waals surface area contributed by atoms with Crippen molar-refractivity contribution in [2.45, 2.75) is 57.9 Å². The third-order valence-electron chi connectivity index (χ3n) is 4.73. The number of aryl methyl sites for hydroxylation is 1. The van der Waals surface area contributed by atoms with Gasteiger partial charge in [0.25, 0.3) is 0 Å². The van der Waals surface area contributed by atoms with Crippen molar-refractivity contribution in [1.82, 2.24) is 5.32 Å². The molecule has 22 heavy (non-hydrogen) atoms. The molecular weight excluding hydrogens is 296 g/mol. The Hall–Kier alpha value is -1.06. The molecule has 1 fully saturated rings. The average Bonchev–Trinajstić information content (AvgIpc) is 2.83. The first-order chi connectivity index (χ1) is 9.88. The molecule has 124 valence electrons. The second-order valence-corrected chi connectivity index (χ2v) is 7.09. The molecule has 0 heterocycles. The molecule has 1 aromatic carbocycles. The Balaban J connectivity index is 0.00000242. The Morgan fingerprint density at radius 2 is 1.91 bits per heavy atom. The number of nitrogens with two attached hydrogens (primary N) is 1. The number of benzene rings is 1. The van der Waals surface area contributed by atoms with Gasteiger partial charge in [0, 0.05) is 24.4 Å². The Morgan fingerprint density at radius 3 is 2.45 bits per heavy atom. The maximum Gasteiger partial charge on any atom is 0.220 e. The van der Waals surface area contributed by atoms with E-state index in [4.69, 9.17) is 5.73 Å². The molecule has 0 bridgehead atoms. The largest absolute Gasteiger partial charge is 0.355 e. The van der Waals surface area contributed by atoms with Crippen molar-refractivity contribution in [3.8, 4) is 0 Å². The van der Waals surface area contributed by atoms with E-state index in [0.717, 1.165) is 19.3 Å². The molecule has 1 amide bonds. The zero-order valence-corrected chi connectivity index (χ0v) is 14.7. The van der Waals surface area contributed by atoms with E-state index in [-0.39, 0.29) is 29.8 Å². The Bertz CT molecular complexity index is 484. The van der Waals surface area contributed by atoms with E-state index in [1.165, 1.54) is 11.1 Å². The van der Waals surface area contributed by atoms with Gasteiger partial charge in [0.2, 0.25) is 5.91 Å². The van der Waals surface area contributed by atoms with Crippen LogP contribution in [0.25, 0.3) is 0 Å². The number of carbonyl (C=O) groups excluding carboxylic acids is 1. The maximum atomic E-state index is 12.1. The molecule has 1 aromatic rings. The summed E-state index contributed by atoms with van der Waals surface area (Å²) in [5.41, 5.74) is 8.49. The average molecular weight is 325 g/mol. The zero-order valence-electron chi connectivity index (χ0n) is 13.9. The number of rotatable bonds is 5. The quantitative estimate of drug-likeness (QED) is 0.873. The molecule has 1 aliphatic rings. The van der Waals surface area contributed by atoms with Crippen LogP contribution in [0.2, 0.25) is 0 Å². The second kappa shape index (κ2) is 7.98. The molecule has 0 unspecified atom stereocenters. The molecule has 2 atom stereocenters. The van der Waals surface area contributed by atoms with Crippen molar-refractivity contribution in [3.05, 3.63) is 35.4 Å². The minimum Gasteiger partial charge on any atom is -0.355 e. The summed E-state index contributed by atoms with van der Waals surface area (Å²) < 4.78 is 0. The van der Waals surface area contributed by atoms with Crippen molar-refractivity contribution >= 4 is 18.3 Å². The first-order valence-corrected chi connectivity index (χ1v) is 7.98. The highest BCUT2D eigenvalue weighted by atomic mass is 35.5. The standard InChI is InChI=1S/C18H28N2O.ClH/c1-13-7-9-15(10-8-13)18(2,3)12-20-17(21)11-14-5-4-6-16(14)19;/h7-10,14,16H,4-6,11-12,19H2,1-3H3,(H,20,21);1H/t14-,16+;/m0./s1. The number of nitrogens with one attached hydrogen (secondary N) is 1. The van der Waals surface area contributed by atoms with Crippen LogP contribution in [0.4, 0.5) is 0 Å². The van der Waals surface area contributed by atoms with Crippen LogP contribution in [0.15, 0.2) is 24.3 Å². The van der Waals surface area contributed by atoms with Gasteiger partial charge in [-0.15, -0.1) is 12.4 Å². The lowest BCUT2D eigenvalue weighted by atomic mass is 9.84. The highest BCUT2D eigenvalue weighted by molar-refractivity contribution is 5.85. The molecule has 2 rings (SSSR count). The number of hydrogen-bond acceptors (Lipinski definition) is 2. The molecule has 0 radical (unpaired) electrons. The second-order valence-electron chi connectivity index (χ2n) is 7.09. The fraction of sp³-hybridized carbons (Fsp3) is 0.611. The van der Waals surface area contributed by atoms with Crippen LogP contribution in [0, 0.1) is 12.8 Å². The summed E-state index contributed by atoms with van der Waals surface area (Å²) in [5, 5.41) is 3.09. The predicted molar refractivity (Wildman–Crippen MR) is 94.4 cm³/mol. The number of carbonyl (C=O) groups is 1. The van der Waals surface area contributed by atoms with Crippen molar-refractivity contribution in [2.24, 2.45) is 11.7 Å². The Morgan fingerprint density at radius 1 is 1.27 bits per heavy atom. The first kappa shape index (κ1) is 19.0. The fourth-order valence-corrected chi connectivity index (χ4v) is 3.06. The molecule has 1 saturated carbocycles. The van der Waals surface area contributed by atoms with Crippen molar-refractivity contribution < 1.29 is 4.79 Å². The number of hydrogen-bond donors (Lipinski definition) is 2. The highest BCUT2D eigenvalue weighted by Gasteiger charge is 2.27. The molecule has 0 aliphatic heterocycles. The van der Waals surface area contributed by atoms with E-state index in [2.05, 4.69) is 50.4 Å². The number of halogens is 1. The molecule has 0 aromatic heterocycles. The van der Waals surface area contributed by atoms with E-state index in [9.17, 15) is 4.79 Å². The highest BCUT2D eigenvalue weighted by Crippen LogP contribution is 2.27. The van der Waals surface area contributed by atoms with Gasteiger partial charge in [0.05, 0.1) is 0 Å². The Kier molecular flexibility index (Phi) is 6.89. The summed E-state index contributed by atoms with van der Waals surface area (Å²) in [6.45, 7) is 7.08. The maximum absolute atomic E-state index is 12.1. The SMILES string of the molecule is Cc1ccc(C(C)(C)CNC(=O)C[C@@H]2CCC[C@H]2N)cc1.Cl. The van der Waals surface area contributed by atoms with E-state index >= 15 is 0 Å². The van der Waals surface area contributed by atoms with E-state index < -0.39 is 0 Å². The van der Waals surface area contributed by atoms with Gasteiger partial charge in [-0.3, -0.25) is 4.79 Å². The van der Waals surface area contributed by atoms with Crippen molar-refractivity contribution in [1.29, 1.82) is 0 Å². The summed E-state index contributed by atoms with van der Waals surface area (Å²) in [7, 11) is 0. The van der Waals surface area contributed by atoms with E-state index in [0.29, 0.717) is 18.9 Å². The molecule has 3 nitrogen and oxygen atoms in total. The van der Waals surface area contributed by atoms with Crippen LogP contribution in [-0.4, -0.2) is 18.5 Å². The molecule has 4 heteroatoms. The van der Waals surface area contributed by atoms with Crippen LogP contribution in [0.3, 0.4) is 0 Å². The molecule has 3 N–H and O–H groups in total. The van der Waals surface area contributed by atoms with Crippen LogP contribution < -0.4 is 11.1 Å². The third kappa shape index (κ3) is 4.99. The summed E-state index contributed by atoms with van der Waals surface area (Å²) in [5.74, 6) is 0.505. The van der Waals surface area contributed by atoms with Crippen LogP contribution in [-0.2, 0) is 10.2 Å². The van der Waals surface area contributed by atoms with Crippen molar-refractivity contribution in [3.63, 3.8) is 0 Å². The molecule has 1 aliphatic carbocycles. The molecule has 0 saturated heterocycles. The first-order valence-electron chi connectivity index (χ1n) is 7.98. The lowest BCUT2D eigenvalue weighted by Gasteiger charge is -2.26. The third-order valence-corrected chi connectivity index (χ3v) is 4.73. The van der Waals surface area contributed by atoms with E-state index in [1.54, 1.807) is 0 Å². The predicted octanol–water partition coefficient (Wildman–Crippen LogP) is 3.33. The van der Waals surface area contributed by atoms with Gasteiger partial charge in [-0.1, -0.05) is 50.1 Å². The minimum atomic E-state index is -0.0544. The molecular formula is C18H29ClN2O. The summed E-state index contributed by atoms with van der Waals surface area (Å²) in [6, 6.07) is 8.75.